The van der Waals surface area contributed by atoms with Crippen molar-refractivity contribution in [2.75, 3.05) is 0 Å². The van der Waals surface area contributed by atoms with Crippen molar-refractivity contribution in [1.29, 1.82) is 5.26 Å². The molecule has 0 N–H and O–H groups in total. The van der Waals surface area contributed by atoms with Gasteiger partial charge < -0.3 is 4.57 Å². The second kappa shape index (κ2) is 6.39. The van der Waals surface area contributed by atoms with E-state index < -0.39 is 0 Å². The number of hydrogen-bond acceptors (Lipinski definition) is 3. The fourth-order valence-corrected chi connectivity index (χ4v) is 2.81. The summed E-state index contributed by atoms with van der Waals surface area (Å²) in [5.41, 5.74) is 3.25. The molecule has 1 aromatic carbocycles. The Labute approximate surface area is 140 Å². The van der Waals surface area contributed by atoms with Crippen LogP contribution in [-0.4, -0.2) is 14.5 Å². The summed E-state index contributed by atoms with van der Waals surface area (Å²) in [5.74, 6) is 1.45. The first kappa shape index (κ1) is 15.5. The molecule has 0 aliphatic heterocycles. The normalized spacial score (nSPS) is 11.1. The minimum atomic E-state index is 0.479. The molecule has 0 aliphatic carbocycles. The number of nitriles is 1. The third kappa shape index (κ3) is 3.20. The number of aromatic nitrogens is 3. The van der Waals surface area contributed by atoms with Crippen molar-refractivity contribution in [3.63, 3.8) is 0 Å². The fraction of sp³-hybridized carbons (Fsp3) is 0.278. The Hall–Kier alpha value is -2.38. The number of nitrogens with zero attached hydrogens (tertiary/aromatic N) is 4. The molecule has 0 fully saturated rings. The van der Waals surface area contributed by atoms with Gasteiger partial charge in [0.05, 0.1) is 23.2 Å². The highest BCUT2D eigenvalue weighted by molar-refractivity contribution is 6.31. The molecule has 0 spiro atoms. The summed E-state index contributed by atoms with van der Waals surface area (Å²) < 4.78 is 2.09. The average Bonchev–Trinajstić information content (AvgIpc) is 2.83. The lowest BCUT2D eigenvalue weighted by molar-refractivity contribution is 0.594. The third-order valence-corrected chi connectivity index (χ3v) is 3.89. The molecule has 3 rings (SSSR count). The predicted octanol–water partition coefficient (Wildman–Crippen LogP) is 4.20. The van der Waals surface area contributed by atoms with Crippen LogP contribution in [-0.2, 0) is 13.0 Å². The Morgan fingerprint density at radius 1 is 1.30 bits per heavy atom. The van der Waals surface area contributed by atoms with Crippen LogP contribution in [0, 0.1) is 17.2 Å². The van der Waals surface area contributed by atoms with Crippen LogP contribution in [0.1, 0.15) is 30.8 Å². The molecule has 0 radical (unpaired) electrons. The van der Waals surface area contributed by atoms with Gasteiger partial charge in [0, 0.05) is 12.6 Å². The van der Waals surface area contributed by atoms with E-state index in [0.29, 0.717) is 23.0 Å². The molecule has 0 amide bonds. The summed E-state index contributed by atoms with van der Waals surface area (Å²) >= 11 is 6.04. The molecule has 0 aliphatic rings. The Balaban J connectivity index is 2.12. The molecule has 0 atom stereocenters. The number of rotatable bonds is 4. The highest BCUT2D eigenvalue weighted by Gasteiger charge is 2.15. The van der Waals surface area contributed by atoms with E-state index in [9.17, 15) is 5.26 Å². The smallest absolute Gasteiger partial charge is 0.160 e. The average molecular weight is 325 g/mol. The molecule has 0 unspecified atom stereocenters. The minimum Gasteiger partial charge on any atom is -0.308 e. The van der Waals surface area contributed by atoms with Gasteiger partial charge in [0.1, 0.15) is 11.3 Å². The van der Waals surface area contributed by atoms with E-state index in [0.717, 1.165) is 29.0 Å². The minimum absolute atomic E-state index is 0.479. The zero-order valence-corrected chi connectivity index (χ0v) is 13.9. The van der Waals surface area contributed by atoms with Crippen LogP contribution in [0.25, 0.3) is 11.2 Å². The van der Waals surface area contributed by atoms with Crippen LogP contribution in [0.15, 0.2) is 36.5 Å². The fourth-order valence-electron chi connectivity index (χ4n) is 2.66. The molecule has 4 nitrogen and oxygen atoms in total. The van der Waals surface area contributed by atoms with E-state index in [1.165, 1.54) is 0 Å². The van der Waals surface area contributed by atoms with E-state index in [-0.39, 0.29) is 0 Å². The van der Waals surface area contributed by atoms with Gasteiger partial charge in [-0.25, -0.2) is 9.97 Å². The van der Waals surface area contributed by atoms with Gasteiger partial charge in [-0.1, -0.05) is 43.6 Å². The zero-order chi connectivity index (χ0) is 16.4. The first-order chi connectivity index (χ1) is 11.1. The maximum Gasteiger partial charge on any atom is 0.160 e. The van der Waals surface area contributed by atoms with Crippen LogP contribution in [0.3, 0.4) is 0 Å². The summed E-state index contributed by atoms with van der Waals surface area (Å²) in [6.45, 7) is 4.90. The highest BCUT2D eigenvalue weighted by Crippen LogP contribution is 2.22. The number of hydrogen-bond donors (Lipinski definition) is 0. The van der Waals surface area contributed by atoms with Crippen molar-refractivity contribution < 1.29 is 0 Å². The Morgan fingerprint density at radius 3 is 2.83 bits per heavy atom. The molecule has 116 valence electrons. The zero-order valence-electron chi connectivity index (χ0n) is 13.1. The number of fused-ring (bicyclic) bond motifs is 1. The molecule has 3 aromatic rings. The van der Waals surface area contributed by atoms with E-state index in [1.54, 1.807) is 6.20 Å². The topological polar surface area (TPSA) is 54.5 Å². The summed E-state index contributed by atoms with van der Waals surface area (Å²) in [4.78, 5) is 9.14. The maximum atomic E-state index is 9.30. The van der Waals surface area contributed by atoms with Gasteiger partial charge >= 0.3 is 0 Å². The van der Waals surface area contributed by atoms with E-state index >= 15 is 0 Å². The number of benzene rings is 1. The van der Waals surface area contributed by atoms with Crippen molar-refractivity contribution in [1.82, 2.24) is 14.5 Å². The molecule has 0 saturated carbocycles. The second-order valence-corrected chi connectivity index (χ2v) is 6.41. The molecular formula is C18H17ClN4. The van der Waals surface area contributed by atoms with Crippen LogP contribution in [0.4, 0.5) is 0 Å². The third-order valence-electron chi connectivity index (χ3n) is 3.69. The number of pyridine rings is 1. The largest absolute Gasteiger partial charge is 0.308 e. The SMILES string of the molecule is CC(C)Cc1nc2cc(Cl)cnc2n1Cc1ccccc1C#N. The Bertz CT molecular complexity index is 890. The van der Waals surface area contributed by atoms with Crippen molar-refractivity contribution in [2.24, 2.45) is 5.92 Å². The number of imidazole rings is 1. The van der Waals surface area contributed by atoms with Crippen molar-refractivity contribution in [3.8, 4) is 6.07 Å². The molecular weight excluding hydrogens is 308 g/mol. The van der Waals surface area contributed by atoms with E-state index in [1.807, 2.05) is 30.3 Å². The first-order valence-electron chi connectivity index (χ1n) is 7.57. The van der Waals surface area contributed by atoms with Crippen molar-refractivity contribution in [3.05, 3.63) is 58.5 Å². The summed E-state index contributed by atoms with van der Waals surface area (Å²) in [6.07, 6.45) is 2.49. The van der Waals surface area contributed by atoms with Gasteiger partial charge in [-0.3, -0.25) is 0 Å². The van der Waals surface area contributed by atoms with Gasteiger partial charge in [0.25, 0.3) is 0 Å². The molecule has 0 saturated heterocycles. The van der Waals surface area contributed by atoms with Crippen molar-refractivity contribution >= 4 is 22.8 Å². The molecule has 2 aromatic heterocycles. The monoisotopic (exact) mass is 324 g/mol. The van der Waals surface area contributed by atoms with Crippen LogP contribution < -0.4 is 0 Å². The van der Waals surface area contributed by atoms with E-state index in [2.05, 4.69) is 29.5 Å². The first-order valence-corrected chi connectivity index (χ1v) is 7.95. The van der Waals surface area contributed by atoms with Gasteiger partial charge in [-0.15, -0.1) is 0 Å². The highest BCUT2D eigenvalue weighted by atomic mass is 35.5. The van der Waals surface area contributed by atoms with Gasteiger partial charge in [-0.05, 0) is 23.6 Å². The quantitative estimate of drug-likeness (QED) is 0.722. The maximum absolute atomic E-state index is 9.30. The van der Waals surface area contributed by atoms with Gasteiger partial charge in [0.2, 0.25) is 0 Å². The lowest BCUT2D eigenvalue weighted by Gasteiger charge is -2.11. The van der Waals surface area contributed by atoms with Gasteiger partial charge in [0.15, 0.2) is 5.65 Å². The molecule has 5 heteroatoms. The summed E-state index contributed by atoms with van der Waals surface area (Å²) in [7, 11) is 0. The standard InChI is InChI=1S/C18H17ClN4/c1-12(2)7-17-22-16-8-15(19)10-21-18(16)23(17)11-14-6-4-3-5-13(14)9-20/h3-6,8,10,12H,7,11H2,1-2H3. The molecule has 23 heavy (non-hydrogen) atoms. The van der Waals surface area contributed by atoms with Crippen LogP contribution in [0.5, 0.6) is 0 Å². The summed E-state index contributed by atoms with van der Waals surface area (Å²) in [6, 6.07) is 11.7. The Morgan fingerprint density at radius 2 is 2.09 bits per heavy atom. The van der Waals surface area contributed by atoms with Crippen LogP contribution >= 0.6 is 11.6 Å². The Kier molecular flexibility index (Phi) is 4.31. The van der Waals surface area contributed by atoms with E-state index in [4.69, 9.17) is 16.6 Å². The van der Waals surface area contributed by atoms with Crippen molar-refractivity contribution in [2.45, 2.75) is 26.8 Å². The predicted molar refractivity (Wildman–Crippen MR) is 91.3 cm³/mol. The lowest BCUT2D eigenvalue weighted by Crippen LogP contribution is -2.09. The van der Waals surface area contributed by atoms with Gasteiger partial charge in [-0.2, -0.15) is 5.26 Å². The summed E-state index contributed by atoms with van der Waals surface area (Å²) in [5, 5.41) is 9.88. The number of halogens is 1. The van der Waals surface area contributed by atoms with Crippen LogP contribution in [0.2, 0.25) is 5.02 Å². The second-order valence-electron chi connectivity index (χ2n) is 5.98. The lowest BCUT2D eigenvalue weighted by atomic mass is 10.1. The molecule has 0 bridgehead atoms. The molecule has 2 heterocycles.